The molecule has 0 bridgehead atoms. The summed E-state index contributed by atoms with van der Waals surface area (Å²) < 4.78 is 6.78. The molecule has 1 aliphatic rings. The van der Waals surface area contributed by atoms with E-state index in [1.807, 2.05) is 42.5 Å². The molecule has 1 aliphatic heterocycles. The first kappa shape index (κ1) is 20.3. The lowest BCUT2D eigenvalue weighted by atomic mass is 9.86. The highest BCUT2D eigenvalue weighted by Crippen LogP contribution is 2.32. The van der Waals surface area contributed by atoms with E-state index in [0.717, 1.165) is 29.7 Å². The van der Waals surface area contributed by atoms with E-state index in [4.69, 9.17) is 21.3 Å². The van der Waals surface area contributed by atoms with Crippen LogP contribution in [-0.4, -0.2) is 30.1 Å². The van der Waals surface area contributed by atoms with Gasteiger partial charge in [0.1, 0.15) is 0 Å². The molecule has 0 saturated carbocycles. The second-order valence-corrected chi connectivity index (χ2v) is 9.93. The highest BCUT2D eigenvalue weighted by molar-refractivity contribution is 7.22. The van der Waals surface area contributed by atoms with Gasteiger partial charge in [0, 0.05) is 17.2 Å². The normalized spacial score (nSPS) is 17.0. The zero-order valence-electron chi connectivity index (χ0n) is 16.9. The lowest BCUT2D eigenvalue weighted by Crippen LogP contribution is -2.37. The minimum atomic E-state index is -0.0499. The summed E-state index contributed by atoms with van der Waals surface area (Å²) in [6, 6.07) is 13.5. The molecule has 0 radical (unpaired) electrons. The Labute approximate surface area is 180 Å². The number of thiazole rings is 1. The summed E-state index contributed by atoms with van der Waals surface area (Å²) in [6.45, 7) is 7.76. The van der Waals surface area contributed by atoms with Crippen molar-refractivity contribution in [2.24, 2.45) is 0 Å². The molecule has 2 heterocycles. The van der Waals surface area contributed by atoms with Crippen molar-refractivity contribution < 1.29 is 9.53 Å². The summed E-state index contributed by atoms with van der Waals surface area (Å²) in [6.07, 6.45) is 2.04. The number of benzene rings is 2. The number of ether oxygens (including phenoxy) is 1. The number of hydrogen-bond acceptors (Lipinski definition) is 4. The van der Waals surface area contributed by atoms with Gasteiger partial charge in [-0.2, -0.15) is 0 Å². The fourth-order valence-corrected chi connectivity index (χ4v) is 4.76. The topological polar surface area (TPSA) is 42.4 Å². The molecule has 152 valence electrons. The monoisotopic (exact) mass is 428 g/mol. The third-order valence-corrected chi connectivity index (χ3v) is 6.50. The lowest BCUT2D eigenvalue weighted by Gasteiger charge is -2.24. The van der Waals surface area contributed by atoms with Crippen LogP contribution in [0.25, 0.3) is 10.2 Å². The molecule has 3 aromatic rings. The third kappa shape index (κ3) is 4.47. The smallest absolute Gasteiger partial charge is 0.260 e. The van der Waals surface area contributed by atoms with Crippen LogP contribution in [0.5, 0.6) is 0 Å². The first-order valence-corrected chi connectivity index (χ1v) is 11.1. The Morgan fingerprint density at radius 1 is 1.24 bits per heavy atom. The van der Waals surface area contributed by atoms with Crippen LogP contribution in [0, 0.1) is 0 Å². The molecule has 2 aromatic carbocycles. The Morgan fingerprint density at radius 2 is 2.00 bits per heavy atom. The van der Waals surface area contributed by atoms with Crippen LogP contribution < -0.4 is 4.90 Å². The number of fused-ring (bicyclic) bond motifs is 1. The van der Waals surface area contributed by atoms with Gasteiger partial charge in [-0.25, -0.2) is 4.98 Å². The summed E-state index contributed by atoms with van der Waals surface area (Å²) >= 11 is 7.62. The fourth-order valence-electron chi connectivity index (χ4n) is 3.51. The van der Waals surface area contributed by atoms with Crippen LogP contribution in [0.4, 0.5) is 5.13 Å². The van der Waals surface area contributed by atoms with Gasteiger partial charge in [0.15, 0.2) is 5.13 Å². The van der Waals surface area contributed by atoms with Gasteiger partial charge in [-0.05, 0) is 54.2 Å². The van der Waals surface area contributed by atoms with Crippen LogP contribution in [0.3, 0.4) is 0 Å². The van der Waals surface area contributed by atoms with Crippen LogP contribution in [0.15, 0.2) is 42.5 Å². The Balaban J connectivity index is 1.68. The van der Waals surface area contributed by atoms with Gasteiger partial charge in [-0.15, -0.1) is 0 Å². The second kappa shape index (κ2) is 8.05. The quantitative estimate of drug-likeness (QED) is 0.506. The number of nitrogens with zero attached hydrogens (tertiary/aromatic N) is 2. The van der Waals surface area contributed by atoms with Crippen LogP contribution >= 0.6 is 22.9 Å². The van der Waals surface area contributed by atoms with Crippen molar-refractivity contribution in [1.29, 1.82) is 0 Å². The van der Waals surface area contributed by atoms with Crippen molar-refractivity contribution in [1.82, 2.24) is 4.98 Å². The van der Waals surface area contributed by atoms with E-state index in [9.17, 15) is 4.79 Å². The first-order chi connectivity index (χ1) is 13.8. The van der Waals surface area contributed by atoms with Crippen molar-refractivity contribution in [3.05, 3.63) is 58.6 Å². The standard InChI is InChI=1S/C23H25ClN2O2S/c1-23(2,3)16-8-6-15(7-9-16)21(27)26(14-18-5-4-12-28-18)22-25-19-11-10-17(24)13-20(19)29-22/h6-11,13,18H,4-5,12,14H2,1-3H3. The van der Waals surface area contributed by atoms with Gasteiger partial charge in [-0.3, -0.25) is 9.69 Å². The van der Waals surface area contributed by atoms with Gasteiger partial charge >= 0.3 is 0 Å². The minimum Gasteiger partial charge on any atom is -0.376 e. The van der Waals surface area contributed by atoms with Gasteiger partial charge < -0.3 is 4.74 Å². The molecule has 0 N–H and O–H groups in total. The molecule has 4 rings (SSSR count). The van der Waals surface area contributed by atoms with E-state index in [0.29, 0.717) is 22.3 Å². The summed E-state index contributed by atoms with van der Waals surface area (Å²) in [5.41, 5.74) is 2.76. The van der Waals surface area contributed by atoms with E-state index >= 15 is 0 Å². The molecule has 1 saturated heterocycles. The molecular weight excluding hydrogens is 404 g/mol. The van der Waals surface area contributed by atoms with Crippen molar-refractivity contribution in [3.8, 4) is 0 Å². The molecular formula is C23H25ClN2O2S. The van der Waals surface area contributed by atoms with Crippen molar-refractivity contribution in [3.63, 3.8) is 0 Å². The summed E-state index contributed by atoms with van der Waals surface area (Å²) in [4.78, 5) is 19.9. The molecule has 0 spiro atoms. The van der Waals surface area contributed by atoms with Gasteiger partial charge in [-0.1, -0.05) is 55.8 Å². The Hall–Kier alpha value is -1.95. The average Bonchev–Trinajstić information content (AvgIpc) is 3.34. The number of aromatic nitrogens is 1. The molecule has 1 aromatic heterocycles. The van der Waals surface area contributed by atoms with E-state index in [2.05, 4.69) is 20.8 Å². The fraction of sp³-hybridized carbons (Fsp3) is 0.391. The molecule has 0 aliphatic carbocycles. The number of carbonyl (C=O) groups is 1. The molecule has 29 heavy (non-hydrogen) atoms. The van der Waals surface area contributed by atoms with Crippen LogP contribution in [-0.2, 0) is 10.2 Å². The van der Waals surface area contributed by atoms with Crippen LogP contribution in [0.1, 0.15) is 49.5 Å². The number of hydrogen-bond donors (Lipinski definition) is 0. The Kier molecular flexibility index (Phi) is 5.65. The second-order valence-electron chi connectivity index (χ2n) is 8.49. The van der Waals surface area contributed by atoms with Gasteiger partial charge in [0.25, 0.3) is 5.91 Å². The zero-order valence-corrected chi connectivity index (χ0v) is 18.5. The molecule has 1 amide bonds. The number of rotatable bonds is 4. The Bertz CT molecular complexity index is 1020. The third-order valence-electron chi connectivity index (χ3n) is 5.22. The summed E-state index contributed by atoms with van der Waals surface area (Å²) in [7, 11) is 0. The predicted octanol–water partition coefficient (Wildman–Crippen LogP) is 6.07. The van der Waals surface area contributed by atoms with E-state index in [1.54, 1.807) is 4.90 Å². The summed E-state index contributed by atoms with van der Waals surface area (Å²) in [5.74, 6) is -0.0499. The predicted molar refractivity (Wildman–Crippen MR) is 120 cm³/mol. The number of halogens is 1. The van der Waals surface area contributed by atoms with Crippen molar-refractivity contribution in [2.75, 3.05) is 18.1 Å². The SMILES string of the molecule is CC(C)(C)c1ccc(C(=O)N(CC2CCCO2)c2nc3ccc(Cl)cc3s2)cc1. The maximum Gasteiger partial charge on any atom is 0.260 e. The van der Waals surface area contributed by atoms with E-state index in [-0.39, 0.29) is 17.4 Å². The number of amides is 1. The molecule has 4 nitrogen and oxygen atoms in total. The molecule has 6 heteroatoms. The maximum absolute atomic E-state index is 13.4. The van der Waals surface area contributed by atoms with Crippen LogP contribution in [0.2, 0.25) is 5.02 Å². The molecule has 1 fully saturated rings. The molecule has 1 unspecified atom stereocenters. The highest BCUT2D eigenvalue weighted by atomic mass is 35.5. The Morgan fingerprint density at radius 3 is 2.66 bits per heavy atom. The summed E-state index contributed by atoms with van der Waals surface area (Å²) in [5, 5.41) is 1.35. The largest absolute Gasteiger partial charge is 0.376 e. The average molecular weight is 429 g/mol. The minimum absolute atomic E-state index is 0.0448. The first-order valence-electron chi connectivity index (χ1n) is 9.91. The number of carbonyl (C=O) groups excluding carboxylic acids is 1. The number of anilines is 1. The lowest BCUT2D eigenvalue weighted by molar-refractivity contribution is 0.0917. The maximum atomic E-state index is 13.4. The molecule has 1 atom stereocenters. The van der Waals surface area contributed by atoms with Gasteiger partial charge in [0.2, 0.25) is 0 Å². The highest BCUT2D eigenvalue weighted by Gasteiger charge is 2.27. The van der Waals surface area contributed by atoms with Gasteiger partial charge in [0.05, 0.1) is 22.9 Å². The van der Waals surface area contributed by atoms with E-state index in [1.165, 1.54) is 16.9 Å². The van der Waals surface area contributed by atoms with Crippen molar-refractivity contribution >= 4 is 44.2 Å². The van der Waals surface area contributed by atoms with Crippen molar-refractivity contribution in [2.45, 2.75) is 45.1 Å². The zero-order chi connectivity index (χ0) is 20.6. The van der Waals surface area contributed by atoms with E-state index < -0.39 is 0 Å².